The Bertz CT molecular complexity index is 468. The highest BCUT2D eigenvalue weighted by Crippen LogP contribution is 2.11. The van der Waals surface area contributed by atoms with Crippen molar-refractivity contribution in [2.24, 2.45) is 5.92 Å². The number of carbonyl (C=O) groups excluding carboxylic acids is 1. The van der Waals surface area contributed by atoms with Gasteiger partial charge in [0.1, 0.15) is 12.6 Å². The van der Waals surface area contributed by atoms with Crippen molar-refractivity contribution in [1.29, 1.82) is 0 Å². The van der Waals surface area contributed by atoms with Crippen molar-refractivity contribution in [3.63, 3.8) is 0 Å². The summed E-state index contributed by atoms with van der Waals surface area (Å²) in [4.78, 5) is 12.0. The number of rotatable bonds is 15. The van der Waals surface area contributed by atoms with E-state index in [2.05, 4.69) is 55.5 Å². The van der Waals surface area contributed by atoms with E-state index in [0.717, 1.165) is 32.1 Å². The molecule has 1 rings (SSSR count). The minimum atomic E-state index is -0.0599. The van der Waals surface area contributed by atoms with E-state index >= 15 is 0 Å². The topological polar surface area (TPSA) is 35.5 Å². The van der Waals surface area contributed by atoms with Crippen LogP contribution in [-0.2, 0) is 14.3 Å². The molecule has 0 atom stereocenters. The zero-order chi connectivity index (χ0) is 19.4. The third-order valence-corrected chi connectivity index (χ3v) is 4.51. The standard InChI is InChI=1S/C24H38O3/c1-2-3-4-5-6-7-8-9-10-11-12-13-14-15-16-17-18-19-24(25)23-20-26-22-27-21-23/h6-7,9-10,12-13,15-16,23H,2-5,8,11,14,17-22H2,1H3/b7-6-,10-9-,13-12-,16-15-. The van der Waals surface area contributed by atoms with Gasteiger partial charge < -0.3 is 9.47 Å². The lowest BCUT2D eigenvalue weighted by Crippen LogP contribution is -2.30. The maximum Gasteiger partial charge on any atom is 0.146 e. The second-order valence-electron chi connectivity index (χ2n) is 7.00. The van der Waals surface area contributed by atoms with Gasteiger partial charge in [-0.25, -0.2) is 0 Å². The first kappa shape index (κ1) is 23.6. The van der Waals surface area contributed by atoms with Gasteiger partial charge in [0.05, 0.1) is 19.1 Å². The number of hydrogen-bond acceptors (Lipinski definition) is 3. The van der Waals surface area contributed by atoms with Gasteiger partial charge in [0, 0.05) is 6.42 Å². The van der Waals surface area contributed by atoms with E-state index in [9.17, 15) is 4.79 Å². The monoisotopic (exact) mass is 374 g/mol. The lowest BCUT2D eigenvalue weighted by atomic mass is 10.0. The number of Topliss-reactive ketones (excluding diaryl/α,β-unsaturated/α-hetero) is 1. The molecule has 1 aliphatic heterocycles. The van der Waals surface area contributed by atoms with Crippen molar-refractivity contribution in [3.8, 4) is 0 Å². The lowest BCUT2D eigenvalue weighted by molar-refractivity contribution is -0.150. The van der Waals surface area contributed by atoms with Crippen LogP contribution >= 0.6 is 0 Å². The van der Waals surface area contributed by atoms with Gasteiger partial charge in [0.2, 0.25) is 0 Å². The number of carbonyl (C=O) groups is 1. The predicted molar refractivity (Wildman–Crippen MR) is 114 cm³/mol. The van der Waals surface area contributed by atoms with E-state index in [0.29, 0.717) is 26.4 Å². The van der Waals surface area contributed by atoms with Gasteiger partial charge in [-0.2, -0.15) is 0 Å². The highest BCUT2D eigenvalue weighted by Gasteiger charge is 2.21. The summed E-state index contributed by atoms with van der Waals surface area (Å²) in [5.74, 6) is 0.209. The molecule has 3 nitrogen and oxygen atoms in total. The summed E-state index contributed by atoms with van der Waals surface area (Å²) in [5, 5.41) is 0. The third-order valence-electron chi connectivity index (χ3n) is 4.51. The summed E-state index contributed by atoms with van der Waals surface area (Å²) < 4.78 is 10.3. The Balaban J connectivity index is 1.92. The van der Waals surface area contributed by atoms with Crippen molar-refractivity contribution in [2.75, 3.05) is 20.0 Å². The lowest BCUT2D eigenvalue weighted by Gasteiger charge is -2.20. The molecule has 1 saturated heterocycles. The zero-order valence-corrected chi connectivity index (χ0v) is 17.1. The largest absolute Gasteiger partial charge is 0.355 e. The van der Waals surface area contributed by atoms with Crippen molar-refractivity contribution >= 4 is 5.78 Å². The molecule has 1 aliphatic rings. The van der Waals surface area contributed by atoms with Crippen molar-refractivity contribution in [2.45, 2.75) is 71.1 Å². The highest BCUT2D eigenvalue weighted by atomic mass is 16.7. The van der Waals surface area contributed by atoms with E-state index < -0.39 is 0 Å². The Kier molecular flexibility index (Phi) is 15.7. The number of ether oxygens (including phenoxy) is 2. The molecular weight excluding hydrogens is 336 g/mol. The second kappa shape index (κ2) is 17.9. The minimum absolute atomic E-state index is 0.0599. The van der Waals surface area contributed by atoms with Crippen LogP contribution in [-0.4, -0.2) is 25.8 Å². The van der Waals surface area contributed by atoms with Gasteiger partial charge in [-0.05, 0) is 44.9 Å². The smallest absolute Gasteiger partial charge is 0.146 e. The number of unbranched alkanes of at least 4 members (excludes halogenated alkanes) is 4. The molecule has 0 saturated carbocycles. The van der Waals surface area contributed by atoms with Crippen LogP contribution in [0.15, 0.2) is 48.6 Å². The van der Waals surface area contributed by atoms with Gasteiger partial charge in [-0.3, -0.25) is 4.79 Å². The first-order chi connectivity index (χ1) is 13.3. The van der Waals surface area contributed by atoms with Crippen LogP contribution < -0.4 is 0 Å². The molecule has 0 aromatic carbocycles. The Morgan fingerprint density at radius 1 is 0.778 bits per heavy atom. The molecule has 0 radical (unpaired) electrons. The first-order valence-corrected chi connectivity index (χ1v) is 10.6. The van der Waals surface area contributed by atoms with Crippen LogP contribution in [0.5, 0.6) is 0 Å². The van der Waals surface area contributed by atoms with Crippen molar-refractivity contribution in [1.82, 2.24) is 0 Å². The predicted octanol–water partition coefficient (Wildman–Crippen LogP) is 6.32. The van der Waals surface area contributed by atoms with Crippen LogP contribution in [0.1, 0.15) is 71.1 Å². The van der Waals surface area contributed by atoms with Gasteiger partial charge in [-0.1, -0.05) is 68.4 Å². The third kappa shape index (κ3) is 14.3. The molecule has 0 bridgehead atoms. The van der Waals surface area contributed by atoms with Crippen LogP contribution in [0.25, 0.3) is 0 Å². The van der Waals surface area contributed by atoms with Crippen molar-refractivity contribution in [3.05, 3.63) is 48.6 Å². The molecule has 3 heteroatoms. The SMILES string of the molecule is CCCCC/C=C\C/C=C\C/C=C\C/C=C\CCCC(=O)C1COCOC1. The fourth-order valence-electron chi connectivity index (χ4n) is 2.83. The molecule has 0 N–H and O–H groups in total. The Hall–Kier alpha value is -1.45. The van der Waals surface area contributed by atoms with Gasteiger partial charge >= 0.3 is 0 Å². The van der Waals surface area contributed by atoms with E-state index in [4.69, 9.17) is 9.47 Å². The first-order valence-electron chi connectivity index (χ1n) is 10.6. The molecule has 0 aromatic heterocycles. The maximum atomic E-state index is 12.0. The van der Waals surface area contributed by atoms with Gasteiger partial charge in [-0.15, -0.1) is 0 Å². The molecule has 0 aliphatic carbocycles. The second-order valence-corrected chi connectivity index (χ2v) is 7.00. The average Bonchev–Trinajstić information content (AvgIpc) is 2.70. The summed E-state index contributed by atoms with van der Waals surface area (Å²) in [6.07, 6.45) is 28.4. The molecule has 0 aromatic rings. The van der Waals surface area contributed by atoms with Crippen LogP contribution in [0.2, 0.25) is 0 Å². The Labute approximate surface area is 166 Å². The summed E-state index contributed by atoms with van der Waals surface area (Å²) >= 11 is 0. The van der Waals surface area contributed by atoms with E-state index in [1.54, 1.807) is 0 Å². The van der Waals surface area contributed by atoms with Crippen LogP contribution in [0.3, 0.4) is 0 Å². The van der Waals surface area contributed by atoms with E-state index in [-0.39, 0.29) is 11.7 Å². The maximum absolute atomic E-state index is 12.0. The quantitative estimate of drug-likeness (QED) is 0.248. The molecule has 152 valence electrons. The number of ketones is 1. The molecule has 0 unspecified atom stereocenters. The summed E-state index contributed by atoms with van der Waals surface area (Å²) in [6.45, 7) is 3.60. The number of allylic oxidation sites excluding steroid dienone is 8. The number of hydrogen-bond donors (Lipinski definition) is 0. The van der Waals surface area contributed by atoms with Gasteiger partial charge in [0.15, 0.2) is 0 Å². The van der Waals surface area contributed by atoms with E-state index in [1.165, 1.54) is 25.7 Å². The van der Waals surface area contributed by atoms with Crippen LogP contribution in [0, 0.1) is 5.92 Å². The van der Waals surface area contributed by atoms with Crippen LogP contribution in [0.4, 0.5) is 0 Å². The zero-order valence-electron chi connectivity index (χ0n) is 17.1. The fraction of sp³-hybridized carbons (Fsp3) is 0.625. The molecule has 1 fully saturated rings. The fourth-order valence-corrected chi connectivity index (χ4v) is 2.83. The Morgan fingerprint density at radius 3 is 1.85 bits per heavy atom. The molecular formula is C24H38O3. The average molecular weight is 375 g/mol. The normalized spacial score (nSPS) is 16.5. The molecule has 1 heterocycles. The summed E-state index contributed by atoms with van der Waals surface area (Å²) in [6, 6.07) is 0. The molecule has 0 spiro atoms. The Morgan fingerprint density at radius 2 is 1.30 bits per heavy atom. The molecule has 27 heavy (non-hydrogen) atoms. The molecule has 0 amide bonds. The summed E-state index contributed by atoms with van der Waals surface area (Å²) in [7, 11) is 0. The highest BCUT2D eigenvalue weighted by molar-refractivity contribution is 5.81. The van der Waals surface area contributed by atoms with Gasteiger partial charge in [0.25, 0.3) is 0 Å². The van der Waals surface area contributed by atoms with E-state index in [1.807, 2.05) is 0 Å². The minimum Gasteiger partial charge on any atom is -0.355 e. The summed E-state index contributed by atoms with van der Waals surface area (Å²) in [5.41, 5.74) is 0. The van der Waals surface area contributed by atoms with Crippen molar-refractivity contribution < 1.29 is 14.3 Å².